The first-order chi connectivity index (χ1) is 9.59. The molecule has 3 nitrogen and oxygen atoms in total. The highest BCUT2D eigenvalue weighted by Gasteiger charge is 2.32. The van der Waals surface area contributed by atoms with Crippen molar-refractivity contribution < 1.29 is 4.39 Å². The smallest absolute Gasteiger partial charge is 0.124 e. The Morgan fingerprint density at radius 1 is 1.43 bits per heavy atom. The van der Waals surface area contributed by atoms with Gasteiger partial charge in [0.15, 0.2) is 0 Å². The molecule has 0 bridgehead atoms. The van der Waals surface area contributed by atoms with Gasteiger partial charge < -0.3 is 5.73 Å². The van der Waals surface area contributed by atoms with Crippen molar-refractivity contribution in [1.82, 2.24) is 9.88 Å². The van der Waals surface area contributed by atoms with E-state index in [1.807, 2.05) is 12.1 Å². The first-order valence-electron chi connectivity index (χ1n) is 7.05. The number of hydrogen-bond donors (Lipinski definition) is 1. The van der Waals surface area contributed by atoms with Gasteiger partial charge in [-0.3, -0.25) is 9.88 Å². The zero-order chi connectivity index (χ0) is 14.2. The lowest BCUT2D eigenvalue weighted by Gasteiger charge is -2.22. The van der Waals surface area contributed by atoms with Crippen LogP contribution in [0.4, 0.5) is 4.39 Å². The topological polar surface area (TPSA) is 42.1 Å². The first kappa shape index (κ1) is 16.1. The lowest BCUT2D eigenvalue weighted by molar-refractivity contribution is 0.275. The molecule has 2 N–H and O–H groups in total. The lowest BCUT2D eigenvalue weighted by Crippen LogP contribution is -2.31. The van der Waals surface area contributed by atoms with Gasteiger partial charge in [0.25, 0.3) is 0 Å². The molecule has 1 aliphatic rings. The second-order valence-electron chi connectivity index (χ2n) is 6.12. The fourth-order valence-electron chi connectivity index (χ4n) is 3.02. The molecule has 114 valence electrons. The van der Waals surface area contributed by atoms with Gasteiger partial charge >= 0.3 is 0 Å². The molecule has 0 radical (unpaired) electrons. The number of hydrogen-bond acceptors (Lipinski definition) is 3. The van der Waals surface area contributed by atoms with Crippen LogP contribution >= 0.6 is 12.4 Å². The molecule has 2 heterocycles. The van der Waals surface area contributed by atoms with E-state index in [-0.39, 0.29) is 23.6 Å². The molecule has 0 saturated carbocycles. The van der Waals surface area contributed by atoms with Crippen LogP contribution < -0.4 is 5.73 Å². The molecule has 1 atom stereocenters. The Bertz CT molecular complexity index is 634. The number of halogens is 2. The molecule has 1 fully saturated rings. The van der Waals surface area contributed by atoms with Gasteiger partial charge in [-0.15, -0.1) is 12.4 Å². The summed E-state index contributed by atoms with van der Waals surface area (Å²) in [5.74, 6) is -0.193. The third-order valence-electron chi connectivity index (χ3n) is 4.27. The maximum atomic E-state index is 13.7. The van der Waals surface area contributed by atoms with Gasteiger partial charge in [0, 0.05) is 24.7 Å². The molecule has 2 aromatic rings. The van der Waals surface area contributed by atoms with Gasteiger partial charge in [0.05, 0.1) is 5.52 Å². The molecular formula is C16H21ClFN3. The highest BCUT2D eigenvalue weighted by molar-refractivity contribution is 5.85. The molecule has 21 heavy (non-hydrogen) atoms. The summed E-state index contributed by atoms with van der Waals surface area (Å²) in [6.07, 6.45) is 2.86. The quantitative estimate of drug-likeness (QED) is 0.948. The summed E-state index contributed by atoms with van der Waals surface area (Å²) in [4.78, 5) is 6.75. The van der Waals surface area contributed by atoms with E-state index < -0.39 is 0 Å². The van der Waals surface area contributed by atoms with Crippen molar-refractivity contribution in [2.24, 2.45) is 11.1 Å². The van der Waals surface area contributed by atoms with Crippen LogP contribution in [0.15, 0.2) is 30.5 Å². The second kappa shape index (κ2) is 6.26. The number of nitrogens with two attached hydrogens (primary N) is 1. The van der Waals surface area contributed by atoms with Gasteiger partial charge in [-0.05, 0) is 48.7 Å². The van der Waals surface area contributed by atoms with E-state index >= 15 is 0 Å². The SMILES string of the molecule is CC1(CN)CCN(Cc2cc(F)cc3cccnc23)C1.Cl. The van der Waals surface area contributed by atoms with E-state index in [4.69, 9.17) is 5.73 Å². The number of nitrogens with zero attached hydrogens (tertiary/aromatic N) is 2. The molecule has 3 rings (SSSR count). The molecule has 0 aliphatic carbocycles. The van der Waals surface area contributed by atoms with E-state index in [2.05, 4.69) is 16.8 Å². The van der Waals surface area contributed by atoms with Gasteiger partial charge in [0.2, 0.25) is 0 Å². The molecule has 1 aromatic carbocycles. The van der Waals surface area contributed by atoms with Crippen LogP contribution in [0.25, 0.3) is 10.9 Å². The van der Waals surface area contributed by atoms with E-state index in [9.17, 15) is 4.39 Å². The Labute approximate surface area is 130 Å². The minimum atomic E-state index is -0.193. The van der Waals surface area contributed by atoms with Crippen molar-refractivity contribution in [2.75, 3.05) is 19.6 Å². The van der Waals surface area contributed by atoms with Gasteiger partial charge in [0.1, 0.15) is 5.82 Å². The van der Waals surface area contributed by atoms with Gasteiger partial charge in [-0.2, -0.15) is 0 Å². The maximum Gasteiger partial charge on any atom is 0.124 e. The van der Waals surface area contributed by atoms with Crippen LogP contribution in [0.3, 0.4) is 0 Å². The van der Waals surface area contributed by atoms with Crippen molar-refractivity contribution in [3.8, 4) is 0 Å². The summed E-state index contributed by atoms with van der Waals surface area (Å²) in [6, 6.07) is 6.89. The van der Waals surface area contributed by atoms with Crippen molar-refractivity contribution >= 4 is 23.3 Å². The highest BCUT2D eigenvalue weighted by atomic mass is 35.5. The third-order valence-corrected chi connectivity index (χ3v) is 4.27. The van der Waals surface area contributed by atoms with E-state index in [0.29, 0.717) is 6.54 Å². The fourth-order valence-corrected chi connectivity index (χ4v) is 3.02. The molecule has 1 aromatic heterocycles. The largest absolute Gasteiger partial charge is 0.330 e. The van der Waals surface area contributed by atoms with Crippen LogP contribution in [-0.2, 0) is 6.54 Å². The summed E-state index contributed by atoms with van der Waals surface area (Å²) < 4.78 is 13.7. The van der Waals surface area contributed by atoms with Crippen molar-refractivity contribution in [3.63, 3.8) is 0 Å². The normalized spacial score (nSPS) is 22.4. The Hall–Kier alpha value is -1.23. The Balaban J connectivity index is 0.00000161. The monoisotopic (exact) mass is 309 g/mol. The fraction of sp³-hybridized carbons (Fsp3) is 0.438. The molecule has 1 aliphatic heterocycles. The van der Waals surface area contributed by atoms with Crippen molar-refractivity contribution in [1.29, 1.82) is 0 Å². The van der Waals surface area contributed by atoms with Gasteiger partial charge in [-0.25, -0.2) is 4.39 Å². The minimum Gasteiger partial charge on any atom is -0.330 e. The van der Waals surface area contributed by atoms with Crippen molar-refractivity contribution in [2.45, 2.75) is 19.9 Å². The molecule has 0 spiro atoms. The standard InChI is InChI=1S/C16H20FN3.ClH/c1-16(10-18)4-6-20(11-16)9-13-8-14(17)7-12-3-2-5-19-15(12)13;/h2-3,5,7-8H,4,6,9-11,18H2,1H3;1H. The average Bonchev–Trinajstić information content (AvgIpc) is 2.81. The second-order valence-corrected chi connectivity index (χ2v) is 6.12. The number of aromatic nitrogens is 1. The number of rotatable bonds is 3. The first-order valence-corrected chi connectivity index (χ1v) is 7.05. The molecular weight excluding hydrogens is 289 g/mol. The van der Waals surface area contributed by atoms with Crippen LogP contribution in [0.5, 0.6) is 0 Å². The number of fused-ring (bicyclic) bond motifs is 1. The lowest BCUT2D eigenvalue weighted by atomic mass is 9.90. The zero-order valence-electron chi connectivity index (χ0n) is 12.2. The Morgan fingerprint density at radius 3 is 2.95 bits per heavy atom. The Kier molecular flexibility index (Phi) is 4.81. The molecule has 1 unspecified atom stereocenters. The van der Waals surface area contributed by atoms with E-state index in [0.717, 1.165) is 42.5 Å². The molecule has 5 heteroatoms. The third kappa shape index (κ3) is 3.34. The van der Waals surface area contributed by atoms with Crippen LogP contribution in [0.1, 0.15) is 18.9 Å². The summed E-state index contributed by atoms with van der Waals surface area (Å²) in [6.45, 7) is 5.63. The van der Waals surface area contributed by atoms with E-state index in [1.54, 1.807) is 18.3 Å². The summed E-state index contributed by atoms with van der Waals surface area (Å²) in [5.41, 5.74) is 7.89. The average molecular weight is 310 g/mol. The predicted octanol–water partition coefficient (Wildman–Crippen LogP) is 2.97. The Morgan fingerprint density at radius 2 is 2.24 bits per heavy atom. The minimum absolute atomic E-state index is 0. The summed E-state index contributed by atoms with van der Waals surface area (Å²) >= 11 is 0. The summed E-state index contributed by atoms with van der Waals surface area (Å²) in [5, 5.41) is 0.864. The van der Waals surface area contributed by atoms with E-state index in [1.165, 1.54) is 0 Å². The van der Waals surface area contributed by atoms with Crippen LogP contribution in [0.2, 0.25) is 0 Å². The molecule has 0 amide bonds. The predicted molar refractivity (Wildman–Crippen MR) is 86.0 cm³/mol. The number of likely N-dealkylation sites (tertiary alicyclic amines) is 1. The zero-order valence-corrected chi connectivity index (χ0v) is 13.0. The number of benzene rings is 1. The van der Waals surface area contributed by atoms with Crippen molar-refractivity contribution in [3.05, 3.63) is 41.8 Å². The van der Waals surface area contributed by atoms with Crippen LogP contribution in [-0.4, -0.2) is 29.5 Å². The highest BCUT2D eigenvalue weighted by Crippen LogP contribution is 2.30. The maximum absolute atomic E-state index is 13.7. The number of pyridine rings is 1. The summed E-state index contributed by atoms with van der Waals surface area (Å²) in [7, 11) is 0. The van der Waals surface area contributed by atoms with Crippen LogP contribution in [0, 0.1) is 11.2 Å². The van der Waals surface area contributed by atoms with Gasteiger partial charge in [-0.1, -0.05) is 13.0 Å². The molecule has 1 saturated heterocycles.